The van der Waals surface area contributed by atoms with Gasteiger partial charge in [0.1, 0.15) is 11.5 Å². The minimum absolute atomic E-state index is 0.151. The Bertz CT molecular complexity index is 1970. The van der Waals surface area contributed by atoms with E-state index in [0.717, 1.165) is 39.3 Å². The molecular weight excluding hydrogens is 632 g/mol. The number of ether oxygens (including phenoxy) is 2. The second kappa shape index (κ2) is 13.9. The molecule has 4 aromatic carbocycles. The summed E-state index contributed by atoms with van der Waals surface area (Å²) in [5.74, 6) is 1.70. The van der Waals surface area contributed by atoms with Crippen LogP contribution in [0.4, 0.5) is 5.69 Å². The van der Waals surface area contributed by atoms with Crippen molar-refractivity contribution in [2.45, 2.75) is 40.5 Å². The normalized spacial score (nSPS) is 11.4. The van der Waals surface area contributed by atoms with Crippen LogP contribution in [0, 0.1) is 13.8 Å². The zero-order chi connectivity index (χ0) is 32.1. The van der Waals surface area contributed by atoms with Crippen LogP contribution in [0.15, 0.2) is 93.2 Å². The number of nitrogens with zero attached hydrogens (tertiary/aromatic N) is 3. The number of rotatable bonds is 10. The number of hydrogen-bond donors (Lipinski definition) is 1. The van der Waals surface area contributed by atoms with Gasteiger partial charge in [0.05, 0.1) is 28.2 Å². The third-order valence-electron chi connectivity index (χ3n) is 7.33. The quantitative estimate of drug-likeness (QED) is 0.153. The molecule has 0 spiro atoms. The van der Waals surface area contributed by atoms with Crippen LogP contribution in [-0.4, -0.2) is 35.0 Å². The number of aryl methyl sites for hydroxylation is 2. The van der Waals surface area contributed by atoms with Crippen molar-refractivity contribution in [3.05, 3.63) is 116 Å². The van der Waals surface area contributed by atoms with Crippen LogP contribution in [-0.2, 0) is 4.79 Å². The highest BCUT2D eigenvalue weighted by Gasteiger charge is 2.18. The van der Waals surface area contributed by atoms with Gasteiger partial charge in [-0.2, -0.15) is 9.78 Å². The number of benzene rings is 4. The summed E-state index contributed by atoms with van der Waals surface area (Å²) in [6.45, 7) is 10.5. The molecule has 230 valence electrons. The van der Waals surface area contributed by atoms with E-state index < -0.39 is 0 Å². The maximum absolute atomic E-state index is 13.8. The number of aromatic nitrogens is 2. The maximum Gasteiger partial charge on any atom is 0.282 e. The van der Waals surface area contributed by atoms with Crippen molar-refractivity contribution in [3.63, 3.8) is 0 Å². The first-order valence-electron chi connectivity index (χ1n) is 14.8. The summed E-state index contributed by atoms with van der Waals surface area (Å²) in [5.41, 5.74) is 5.51. The summed E-state index contributed by atoms with van der Waals surface area (Å²) in [6.07, 6.45) is 1.61. The number of nitrogens with one attached hydrogen (secondary N) is 1. The number of carbonyl (C=O) groups excluding carboxylic acids is 1. The predicted octanol–water partition coefficient (Wildman–Crippen LogP) is 7.86. The van der Waals surface area contributed by atoms with Gasteiger partial charge in [-0.25, -0.2) is 4.98 Å². The molecule has 0 saturated carbocycles. The molecule has 9 heteroatoms. The number of carbonyl (C=O) groups is 1. The smallest absolute Gasteiger partial charge is 0.282 e. The highest BCUT2D eigenvalue weighted by atomic mass is 79.9. The molecule has 1 aromatic heterocycles. The van der Waals surface area contributed by atoms with Crippen LogP contribution in [0.2, 0.25) is 0 Å². The molecule has 1 heterocycles. The number of hydrogen-bond acceptors (Lipinski definition) is 6. The van der Waals surface area contributed by atoms with E-state index in [0.29, 0.717) is 33.6 Å². The Morgan fingerprint density at radius 2 is 1.73 bits per heavy atom. The number of anilines is 1. The van der Waals surface area contributed by atoms with E-state index in [2.05, 4.69) is 40.2 Å². The molecule has 0 radical (unpaired) electrons. The molecule has 0 aliphatic rings. The van der Waals surface area contributed by atoms with E-state index in [-0.39, 0.29) is 24.0 Å². The zero-order valence-corrected chi connectivity index (χ0v) is 27.5. The first-order valence-corrected chi connectivity index (χ1v) is 15.6. The lowest BCUT2D eigenvalue weighted by molar-refractivity contribution is -0.118. The molecule has 0 saturated heterocycles. The van der Waals surface area contributed by atoms with Crippen molar-refractivity contribution in [2.75, 3.05) is 18.5 Å². The van der Waals surface area contributed by atoms with Gasteiger partial charge in [-0.3, -0.25) is 9.59 Å². The molecule has 5 rings (SSSR count). The monoisotopic (exact) mass is 666 g/mol. The van der Waals surface area contributed by atoms with Gasteiger partial charge in [0.15, 0.2) is 12.4 Å². The van der Waals surface area contributed by atoms with Crippen molar-refractivity contribution < 1.29 is 14.3 Å². The van der Waals surface area contributed by atoms with Crippen LogP contribution < -0.4 is 20.3 Å². The Morgan fingerprint density at radius 3 is 2.47 bits per heavy atom. The highest BCUT2D eigenvalue weighted by molar-refractivity contribution is 9.10. The molecule has 0 aliphatic heterocycles. The molecule has 0 fully saturated rings. The lowest BCUT2D eigenvalue weighted by Crippen LogP contribution is -2.21. The van der Waals surface area contributed by atoms with Crippen LogP contribution in [0.3, 0.4) is 0 Å². The molecule has 1 amide bonds. The SMILES string of the molecule is CCOc1cc(C)c(-c2nc3ccccc3c(=O)n2N=Cc2ccc(OCC(=O)Nc3ccccc3C)c(Br)c2)cc1C(C)C. The molecule has 45 heavy (non-hydrogen) atoms. The fourth-order valence-corrected chi connectivity index (χ4v) is 5.47. The second-order valence-electron chi connectivity index (χ2n) is 10.9. The van der Waals surface area contributed by atoms with Crippen molar-refractivity contribution in [3.8, 4) is 22.9 Å². The summed E-state index contributed by atoms with van der Waals surface area (Å²) >= 11 is 3.54. The number of fused-ring (bicyclic) bond motifs is 1. The molecule has 8 nitrogen and oxygen atoms in total. The third-order valence-corrected chi connectivity index (χ3v) is 7.95. The van der Waals surface area contributed by atoms with Gasteiger partial charge >= 0.3 is 0 Å². The fraction of sp³-hybridized carbons (Fsp3) is 0.222. The van der Waals surface area contributed by atoms with Gasteiger partial charge in [0.25, 0.3) is 11.5 Å². The topological polar surface area (TPSA) is 94.8 Å². The van der Waals surface area contributed by atoms with Crippen molar-refractivity contribution >= 4 is 44.6 Å². The number of halogens is 1. The van der Waals surface area contributed by atoms with Crippen molar-refractivity contribution in [1.82, 2.24) is 9.66 Å². The van der Waals surface area contributed by atoms with Gasteiger partial charge < -0.3 is 14.8 Å². The summed E-state index contributed by atoms with van der Waals surface area (Å²) in [4.78, 5) is 31.2. The Hall–Kier alpha value is -4.76. The van der Waals surface area contributed by atoms with Gasteiger partial charge in [0, 0.05) is 11.3 Å². The van der Waals surface area contributed by atoms with E-state index in [9.17, 15) is 9.59 Å². The van der Waals surface area contributed by atoms with Crippen LogP contribution in [0.5, 0.6) is 11.5 Å². The molecule has 0 aliphatic carbocycles. The molecular formula is C36H35BrN4O4. The first kappa shape index (κ1) is 31.7. The lowest BCUT2D eigenvalue weighted by atomic mass is 9.96. The largest absolute Gasteiger partial charge is 0.494 e. The molecule has 0 atom stereocenters. The standard InChI is InChI=1S/C36H35BrN4O4/c1-6-44-33-17-24(5)28(19-27(33)22(2)3)35-40-31-14-10-8-12-26(31)36(43)41(35)38-20-25-15-16-32(29(37)18-25)45-21-34(42)39-30-13-9-7-11-23(30)4/h7-20,22H,6,21H2,1-5H3,(H,39,42). The second-order valence-corrected chi connectivity index (χ2v) is 11.8. The van der Waals surface area contributed by atoms with Crippen LogP contribution in [0.25, 0.3) is 22.3 Å². The first-order chi connectivity index (χ1) is 21.7. The summed E-state index contributed by atoms with van der Waals surface area (Å²) in [6, 6.07) is 24.2. The predicted molar refractivity (Wildman–Crippen MR) is 184 cm³/mol. The van der Waals surface area contributed by atoms with Gasteiger partial charge in [-0.15, -0.1) is 0 Å². The van der Waals surface area contributed by atoms with E-state index in [1.54, 1.807) is 24.4 Å². The van der Waals surface area contributed by atoms with Gasteiger partial charge in [-0.1, -0.05) is 44.2 Å². The number of para-hydroxylation sites is 2. The highest BCUT2D eigenvalue weighted by Crippen LogP contribution is 2.34. The average molecular weight is 668 g/mol. The van der Waals surface area contributed by atoms with Crippen molar-refractivity contribution in [2.24, 2.45) is 5.10 Å². The van der Waals surface area contributed by atoms with Crippen LogP contribution in [0.1, 0.15) is 48.9 Å². The van der Waals surface area contributed by atoms with E-state index in [4.69, 9.17) is 14.5 Å². The van der Waals surface area contributed by atoms with E-state index in [1.807, 2.05) is 81.4 Å². The van der Waals surface area contributed by atoms with Crippen molar-refractivity contribution in [1.29, 1.82) is 0 Å². The molecule has 0 bridgehead atoms. The number of amides is 1. The van der Waals surface area contributed by atoms with E-state index in [1.165, 1.54) is 4.68 Å². The fourth-order valence-electron chi connectivity index (χ4n) is 4.96. The van der Waals surface area contributed by atoms with Crippen LogP contribution >= 0.6 is 15.9 Å². The van der Waals surface area contributed by atoms with E-state index >= 15 is 0 Å². The maximum atomic E-state index is 13.8. The summed E-state index contributed by atoms with van der Waals surface area (Å²) < 4.78 is 13.7. The molecule has 1 N–H and O–H groups in total. The zero-order valence-electron chi connectivity index (χ0n) is 25.9. The summed E-state index contributed by atoms with van der Waals surface area (Å²) in [7, 11) is 0. The Balaban J connectivity index is 1.46. The summed E-state index contributed by atoms with van der Waals surface area (Å²) in [5, 5.41) is 7.97. The Morgan fingerprint density at radius 1 is 0.978 bits per heavy atom. The Kier molecular flexibility index (Phi) is 9.78. The Labute approximate surface area is 270 Å². The van der Waals surface area contributed by atoms with Gasteiger partial charge in [-0.05, 0) is 113 Å². The molecule has 5 aromatic rings. The minimum Gasteiger partial charge on any atom is -0.494 e. The minimum atomic E-state index is -0.273. The van der Waals surface area contributed by atoms with Gasteiger partial charge in [0.2, 0.25) is 0 Å². The lowest BCUT2D eigenvalue weighted by Gasteiger charge is -2.18. The average Bonchev–Trinajstić information content (AvgIpc) is 3.01. The third kappa shape index (κ3) is 7.15. The molecule has 0 unspecified atom stereocenters.